The van der Waals surface area contributed by atoms with E-state index >= 15 is 0 Å². The van der Waals surface area contributed by atoms with Crippen LogP contribution in [-0.4, -0.2) is 62.5 Å². The Morgan fingerprint density at radius 3 is 2.33 bits per heavy atom. The Hall–Kier alpha value is -2.33. The first-order chi connectivity index (χ1) is 20.2. The van der Waals surface area contributed by atoms with Gasteiger partial charge in [0.05, 0.1) is 23.6 Å². The van der Waals surface area contributed by atoms with Crippen LogP contribution in [0.1, 0.15) is 74.2 Å². The maximum absolute atomic E-state index is 13.8. The van der Waals surface area contributed by atoms with Gasteiger partial charge < -0.3 is 21.1 Å². The molecule has 4 aliphatic carbocycles. The molecule has 43 heavy (non-hydrogen) atoms. The van der Waals surface area contributed by atoms with E-state index in [1.54, 1.807) is 18.2 Å². The molecule has 1 saturated heterocycles. The van der Waals surface area contributed by atoms with Crippen LogP contribution in [0.3, 0.4) is 0 Å². The van der Waals surface area contributed by atoms with Crippen LogP contribution in [0.15, 0.2) is 48.5 Å². The van der Waals surface area contributed by atoms with Crippen molar-refractivity contribution >= 4 is 39.7 Å². The number of halogens is 1. The molecule has 0 aromatic heterocycles. The van der Waals surface area contributed by atoms with Gasteiger partial charge in [0.2, 0.25) is 10.0 Å². The topological polar surface area (TPSA) is 111 Å². The lowest BCUT2D eigenvalue weighted by molar-refractivity contribution is -0.0262. The third kappa shape index (κ3) is 7.32. The van der Waals surface area contributed by atoms with Gasteiger partial charge in [0, 0.05) is 36.4 Å². The zero-order chi connectivity index (χ0) is 29.3. The first kappa shape index (κ1) is 32.1. The molecule has 2 atom stereocenters. The van der Waals surface area contributed by atoms with Crippen molar-refractivity contribution in [3.8, 4) is 0 Å². The summed E-state index contributed by atoms with van der Waals surface area (Å²) in [6.45, 7) is 3.44. The molecule has 0 spiro atoms. The van der Waals surface area contributed by atoms with Crippen LogP contribution in [0.25, 0.3) is 0 Å². The molecule has 1 aliphatic heterocycles. The lowest BCUT2D eigenvalue weighted by Gasteiger charge is -2.57. The van der Waals surface area contributed by atoms with E-state index in [1.165, 1.54) is 42.8 Å². The van der Waals surface area contributed by atoms with Gasteiger partial charge in [-0.2, -0.15) is 0 Å². The van der Waals surface area contributed by atoms with E-state index in [9.17, 15) is 18.3 Å². The lowest BCUT2D eigenvalue weighted by Crippen LogP contribution is -2.61. The number of amides is 1. The molecule has 1 amide bonds. The summed E-state index contributed by atoms with van der Waals surface area (Å²) in [4.78, 5) is 13.8. The van der Waals surface area contributed by atoms with Crippen LogP contribution < -0.4 is 20.3 Å². The Labute approximate surface area is 262 Å². The summed E-state index contributed by atoms with van der Waals surface area (Å²) in [6, 6.07) is 14.7. The smallest absolute Gasteiger partial charge is 0.251 e. The third-order valence-electron chi connectivity index (χ3n) is 10.0. The van der Waals surface area contributed by atoms with Gasteiger partial charge in [-0.1, -0.05) is 30.3 Å². The molecule has 5 aliphatic rings. The highest BCUT2D eigenvalue weighted by atomic mass is 35.5. The maximum Gasteiger partial charge on any atom is 0.251 e. The molecule has 1 heterocycles. The molecule has 2 aromatic rings. The molecule has 4 N–H and O–H groups in total. The van der Waals surface area contributed by atoms with E-state index < -0.39 is 22.2 Å². The normalized spacial score (nSPS) is 28.5. The van der Waals surface area contributed by atoms with E-state index in [1.807, 2.05) is 37.3 Å². The molecule has 4 saturated carbocycles. The summed E-state index contributed by atoms with van der Waals surface area (Å²) in [5, 5.41) is 21.7. The van der Waals surface area contributed by atoms with Crippen LogP contribution in [0.2, 0.25) is 0 Å². The largest absolute Gasteiger partial charge is 0.390 e. The monoisotopic (exact) mass is 630 g/mol. The van der Waals surface area contributed by atoms with Gasteiger partial charge in [-0.3, -0.25) is 9.10 Å². The molecule has 10 heteroatoms. The number of anilines is 2. The fourth-order valence-corrected chi connectivity index (χ4v) is 10.1. The van der Waals surface area contributed by atoms with Crippen molar-refractivity contribution in [2.45, 2.75) is 82.4 Å². The second-order valence-electron chi connectivity index (χ2n) is 13.3. The molecule has 2 aromatic carbocycles. The summed E-state index contributed by atoms with van der Waals surface area (Å²) >= 11 is 0. The van der Waals surface area contributed by atoms with Crippen molar-refractivity contribution in [3.05, 3.63) is 59.7 Å². The van der Waals surface area contributed by atoms with Crippen molar-refractivity contribution in [1.29, 1.82) is 0 Å². The predicted octanol–water partition coefficient (Wildman–Crippen LogP) is 4.73. The summed E-state index contributed by atoms with van der Waals surface area (Å²) in [7, 11) is -3.43. The zero-order valence-electron chi connectivity index (χ0n) is 25.1. The molecule has 4 bridgehead atoms. The van der Waals surface area contributed by atoms with Gasteiger partial charge in [-0.25, -0.2) is 8.42 Å². The van der Waals surface area contributed by atoms with Gasteiger partial charge >= 0.3 is 0 Å². The number of sulfonamides is 1. The fourth-order valence-electron chi connectivity index (χ4n) is 8.46. The van der Waals surface area contributed by atoms with E-state index in [0.29, 0.717) is 49.4 Å². The minimum absolute atomic E-state index is 0. The first-order valence-corrected chi connectivity index (χ1v) is 17.5. The number of aliphatic hydroxyl groups is 1. The van der Waals surface area contributed by atoms with E-state index in [-0.39, 0.29) is 29.6 Å². The van der Waals surface area contributed by atoms with Gasteiger partial charge in [0.25, 0.3) is 5.91 Å². The van der Waals surface area contributed by atoms with Crippen molar-refractivity contribution in [2.75, 3.05) is 35.0 Å². The Bertz CT molecular complexity index is 1340. The Morgan fingerprint density at radius 1 is 1.02 bits per heavy atom. The van der Waals surface area contributed by atoms with Gasteiger partial charge in [-0.15, -0.1) is 12.4 Å². The van der Waals surface area contributed by atoms with E-state index in [2.05, 4.69) is 16.0 Å². The summed E-state index contributed by atoms with van der Waals surface area (Å²) in [6.07, 6.45) is 8.83. The minimum Gasteiger partial charge on any atom is -0.390 e. The third-order valence-corrected chi connectivity index (χ3v) is 11.9. The van der Waals surface area contributed by atoms with E-state index in [0.717, 1.165) is 29.7 Å². The first-order valence-electron chi connectivity index (χ1n) is 15.9. The van der Waals surface area contributed by atoms with Crippen LogP contribution in [0.5, 0.6) is 0 Å². The second-order valence-corrected chi connectivity index (χ2v) is 15.3. The number of carbonyl (C=O) groups excluding carboxylic acids is 1. The standard InChI is InChI=1S/C33H46N4O4S.ClH/c1-2-34-28-16-27(17-29(18-28)37-10-6-7-11-42(37,40)41)32(39)36-30(15-23-8-4-3-5-9-23)31(38)22-35-33-19-24-12-25(20-33)14-26(13-24)21-33;/h3-5,8-9,16-18,24-26,30-31,34-35,38H,2,6-7,10-15,19-22H2,1H3,(H,36,39);1H/t24?,25?,26?,30-,31+,33?;/m0./s1. The summed E-state index contributed by atoms with van der Waals surface area (Å²) in [5.74, 6) is 2.22. The molecular formula is C33H47ClN4O4S. The number of aliphatic hydroxyl groups excluding tert-OH is 1. The van der Waals surface area contributed by atoms with Crippen LogP contribution >= 0.6 is 12.4 Å². The SMILES string of the molecule is CCNc1cc(C(=O)N[C@@H](Cc2ccccc2)[C@H](O)CNC23CC4CC(CC(C4)C2)C3)cc(N2CCCCS2(=O)=O)c1.Cl. The van der Waals surface area contributed by atoms with Crippen molar-refractivity contribution in [1.82, 2.24) is 10.6 Å². The fraction of sp³-hybridized carbons (Fsp3) is 0.606. The Morgan fingerprint density at radius 2 is 1.70 bits per heavy atom. The number of hydrogen-bond donors (Lipinski definition) is 4. The Balaban J connectivity index is 0.00000368. The van der Waals surface area contributed by atoms with Crippen LogP contribution in [0.4, 0.5) is 11.4 Å². The number of β-amino-alcohol motifs (C(OH)–C–C–N with tert-alkyl or cyclic N) is 1. The van der Waals surface area contributed by atoms with Crippen LogP contribution in [0, 0.1) is 17.8 Å². The maximum atomic E-state index is 13.8. The Kier molecular flexibility index (Phi) is 9.96. The number of rotatable bonds is 11. The number of nitrogens with zero attached hydrogens (tertiary/aromatic N) is 1. The second kappa shape index (κ2) is 13.3. The summed E-state index contributed by atoms with van der Waals surface area (Å²) < 4.78 is 27.2. The molecule has 5 fully saturated rings. The zero-order valence-corrected chi connectivity index (χ0v) is 26.8. The highest BCUT2D eigenvalue weighted by Crippen LogP contribution is 2.55. The highest BCUT2D eigenvalue weighted by Gasteiger charge is 2.50. The molecule has 0 unspecified atom stereocenters. The molecule has 7 rings (SSSR count). The molecule has 8 nitrogen and oxygen atoms in total. The van der Waals surface area contributed by atoms with Gasteiger partial charge in [0.1, 0.15) is 0 Å². The molecular weight excluding hydrogens is 584 g/mol. The molecule has 236 valence electrons. The average Bonchev–Trinajstić information content (AvgIpc) is 2.95. The minimum atomic E-state index is -3.43. The average molecular weight is 631 g/mol. The summed E-state index contributed by atoms with van der Waals surface area (Å²) in [5.41, 5.74) is 2.74. The van der Waals surface area contributed by atoms with Crippen molar-refractivity contribution in [2.24, 2.45) is 17.8 Å². The highest BCUT2D eigenvalue weighted by molar-refractivity contribution is 7.92. The lowest BCUT2D eigenvalue weighted by atomic mass is 9.53. The van der Waals surface area contributed by atoms with Gasteiger partial charge in [0.15, 0.2) is 0 Å². The van der Waals surface area contributed by atoms with Crippen LogP contribution in [-0.2, 0) is 16.4 Å². The number of carbonyl (C=O) groups is 1. The van der Waals surface area contributed by atoms with Crippen molar-refractivity contribution < 1.29 is 18.3 Å². The number of hydrogen-bond acceptors (Lipinski definition) is 6. The molecule has 0 radical (unpaired) electrons. The van der Waals surface area contributed by atoms with E-state index in [4.69, 9.17) is 0 Å². The quantitative estimate of drug-likeness (QED) is 0.286. The van der Waals surface area contributed by atoms with Gasteiger partial charge in [-0.05, 0) is 106 Å². The van der Waals surface area contributed by atoms with Crippen molar-refractivity contribution in [3.63, 3.8) is 0 Å². The number of benzene rings is 2. The predicted molar refractivity (Wildman–Crippen MR) is 175 cm³/mol. The number of nitrogens with one attached hydrogen (secondary N) is 3.